The van der Waals surface area contributed by atoms with Gasteiger partial charge < -0.3 is 14.4 Å². The van der Waals surface area contributed by atoms with Crippen molar-refractivity contribution < 1.29 is 62.8 Å². The lowest BCUT2D eigenvalue weighted by atomic mass is 10.2. The van der Waals surface area contributed by atoms with Crippen LogP contribution in [-0.2, 0) is 29.2 Å². The lowest BCUT2D eigenvalue weighted by Gasteiger charge is -2.35. The van der Waals surface area contributed by atoms with Gasteiger partial charge in [-0.2, -0.15) is 39.2 Å². The summed E-state index contributed by atoms with van der Waals surface area (Å²) in [5, 5.41) is -6.08. The van der Waals surface area contributed by atoms with Crippen molar-refractivity contribution >= 4 is 22.0 Å². The van der Waals surface area contributed by atoms with Gasteiger partial charge in [-0.15, -0.1) is 0 Å². The van der Waals surface area contributed by atoms with Crippen LogP contribution in [0.5, 0.6) is 0 Å². The van der Waals surface area contributed by atoms with Gasteiger partial charge in [0.2, 0.25) is 0 Å². The SMILES string of the molecule is C=CC(=O)OC(OCCC(F)(F)C(F)(F)S(=O)(=O)O)(C(=O)N(C)C)C(F)(F)F. The molecule has 1 unspecified atom stereocenters. The van der Waals surface area contributed by atoms with E-state index in [-0.39, 0.29) is 11.0 Å². The summed E-state index contributed by atoms with van der Waals surface area (Å²) in [5.41, 5.74) is 0. The van der Waals surface area contributed by atoms with Crippen LogP contribution in [0.1, 0.15) is 6.42 Å². The van der Waals surface area contributed by atoms with E-state index in [1.54, 1.807) is 0 Å². The molecule has 164 valence electrons. The second-order valence-electron chi connectivity index (χ2n) is 5.23. The van der Waals surface area contributed by atoms with E-state index < -0.39 is 58.2 Å². The van der Waals surface area contributed by atoms with E-state index in [4.69, 9.17) is 4.55 Å². The van der Waals surface area contributed by atoms with E-state index in [1.807, 2.05) is 0 Å². The first-order valence-electron chi connectivity index (χ1n) is 6.77. The minimum atomic E-state index is -6.64. The normalized spacial score (nSPS) is 15.5. The van der Waals surface area contributed by atoms with Crippen LogP contribution in [0.4, 0.5) is 30.7 Å². The molecule has 0 aromatic heterocycles. The first-order chi connectivity index (χ1) is 12.3. The highest BCUT2D eigenvalue weighted by Crippen LogP contribution is 2.42. The number of esters is 1. The van der Waals surface area contributed by atoms with Crippen LogP contribution in [0.3, 0.4) is 0 Å². The highest BCUT2D eigenvalue weighted by atomic mass is 32.2. The Bertz CT molecular complexity index is 720. The standard InChI is InChI=1S/C12H14F7NO7S/c1-4-7(21)27-10(11(15,16)17,8(22)20(2)3)26-6-5-9(13,14)12(18,19)28(23,24)25/h4H,1,5-6H2,2-3H3,(H,23,24,25). The number of amides is 1. The average molecular weight is 449 g/mol. The molecule has 0 spiro atoms. The molecule has 1 amide bonds. The van der Waals surface area contributed by atoms with Crippen LogP contribution < -0.4 is 0 Å². The van der Waals surface area contributed by atoms with Crippen molar-refractivity contribution in [3.05, 3.63) is 12.7 Å². The number of hydrogen-bond donors (Lipinski definition) is 1. The fraction of sp³-hybridized carbons (Fsp3) is 0.667. The predicted octanol–water partition coefficient (Wildman–Crippen LogP) is 1.58. The molecule has 0 aliphatic rings. The molecular formula is C12H14F7NO7S. The molecular weight excluding hydrogens is 435 g/mol. The molecule has 16 heteroatoms. The van der Waals surface area contributed by atoms with Gasteiger partial charge in [-0.25, -0.2) is 4.79 Å². The van der Waals surface area contributed by atoms with Crippen LogP contribution in [0.2, 0.25) is 0 Å². The predicted molar refractivity (Wildman–Crippen MR) is 75.8 cm³/mol. The van der Waals surface area contributed by atoms with Crippen molar-refractivity contribution in [1.29, 1.82) is 0 Å². The molecule has 28 heavy (non-hydrogen) atoms. The van der Waals surface area contributed by atoms with E-state index >= 15 is 0 Å². The third-order valence-corrected chi connectivity index (χ3v) is 3.89. The Labute approximate surface area is 153 Å². The number of carbonyl (C=O) groups excluding carboxylic acids is 2. The third kappa shape index (κ3) is 5.11. The highest BCUT2D eigenvalue weighted by molar-refractivity contribution is 7.87. The van der Waals surface area contributed by atoms with Crippen molar-refractivity contribution in [2.24, 2.45) is 0 Å². The molecule has 0 aromatic carbocycles. The fourth-order valence-corrected chi connectivity index (χ4v) is 2.01. The smallest absolute Gasteiger partial charge is 0.412 e. The molecule has 0 saturated carbocycles. The van der Waals surface area contributed by atoms with E-state index in [2.05, 4.69) is 16.1 Å². The maximum absolute atomic E-state index is 13.4. The number of halogens is 7. The summed E-state index contributed by atoms with van der Waals surface area (Å²) in [5.74, 6) is -14.1. The maximum atomic E-state index is 13.4. The highest BCUT2D eigenvalue weighted by Gasteiger charge is 2.68. The molecule has 0 heterocycles. The second-order valence-corrected chi connectivity index (χ2v) is 6.70. The van der Waals surface area contributed by atoms with Gasteiger partial charge in [-0.3, -0.25) is 9.35 Å². The molecule has 0 radical (unpaired) electrons. The number of likely N-dealkylation sites (N-methyl/N-ethyl adjacent to an activating group) is 1. The molecule has 1 atom stereocenters. The molecule has 0 aromatic rings. The maximum Gasteiger partial charge on any atom is 0.466 e. The van der Waals surface area contributed by atoms with E-state index in [0.29, 0.717) is 0 Å². The summed E-state index contributed by atoms with van der Waals surface area (Å²) < 4.78 is 130. The summed E-state index contributed by atoms with van der Waals surface area (Å²) in [6.07, 6.45) is -8.11. The Balaban J connectivity index is 5.91. The Morgan fingerprint density at radius 2 is 1.57 bits per heavy atom. The fourth-order valence-electron chi connectivity index (χ4n) is 1.53. The van der Waals surface area contributed by atoms with E-state index in [0.717, 1.165) is 14.1 Å². The lowest BCUT2D eigenvalue weighted by molar-refractivity contribution is -0.352. The van der Waals surface area contributed by atoms with Crippen LogP contribution in [0.25, 0.3) is 0 Å². The van der Waals surface area contributed by atoms with Crippen molar-refractivity contribution in [2.75, 3.05) is 20.7 Å². The van der Waals surface area contributed by atoms with Gasteiger partial charge in [0.05, 0.1) is 6.61 Å². The summed E-state index contributed by atoms with van der Waals surface area (Å²) in [6.45, 7) is 0.734. The van der Waals surface area contributed by atoms with Gasteiger partial charge in [0.25, 0.3) is 0 Å². The Morgan fingerprint density at radius 3 is 1.89 bits per heavy atom. The molecule has 0 rings (SSSR count). The zero-order valence-corrected chi connectivity index (χ0v) is 14.9. The molecule has 0 aliphatic carbocycles. The second kappa shape index (κ2) is 8.20. The van der Waals surface area contributed by atoms with Gasteiger partial charge in [-0.1, -0.05) is 6.58 Å². The van der Waals surface area contributed by atoms with Crippen LogP contribution >= 0.6 is 0 Å². The minimum Gasteiger partial charge on any atom is -0.412 e. The molecule has 0 aliphatic heterocycles. The zero-order valence-electron chi connectivity index (χ0n) is 14.1. The number of carbonyl (C=O) groups is 2. The first kappa shape index (κ1) is 26.1. The Morgan fingerprint density at radius 1 is 1.11 bits per heavy atom. The van der Waals surface area contributed by atoms with Crippen molar-refractivity contribution in [3.8, 4) is 0 Å². The third-order valence-electron chi connectivity index (χ3n) is 2.94. The number of nitrogens with zero attached hydrogens (tertiary/aromatic N) is 1. The zero-order chi connectivity index (χ0) is 22.8. The number of ether oxygens (including phenoxy) is 2. The van der Waals surface area contributed by atoms with Gasteiger partial charge in [0.15, 0.2) is 0 Å². The number of rotatable bonds is 9. The average Bonchev–Trinajstić information content (AvgIpc) is 2.50. The van der Waals surface area contributed by atoms with Gasteiger partial charge in [0.1, 0.15) is 0 Å². The van der Waals surface area contributed by atoms with Crippen molar-refractivity contribution in [2.45, 2.75) is 29.6 Å². The summed E-state index contributed by atoms with van der Waals surface area (Å²) in [6, 6.07) is 0. The van der Waals surface area contributed by atoms with Crippen molar-refractivity contribution in [3.63, 3.8) is 0 Å². The number of hydrogen-bond acceptors (Lipinski definition) is 6. The van der Waals surface area contributed by atoms with Gasteiger partial charge in [-0.05, 0) is 0 Å². The van der Waals surface area contributed by atoms with Gasteiger partial charge in [0, 0.05) is 26.6 Å². The molecule has 1 N–H and O–H groups in total. The monoisotopic (exact) mass is 449 g/mol. The largest absolute Gasteiger partial charge is 0.466 e. The van der Waals surface area contributed by atoms with E-state index in [1.165, 1.54) is 0 Å². The van der Waals surface area contributed by atoms with Gasteiger partial charge >= 0.3 is 45.1 Å². The lowest BCUT2D eigenvalue weighted by Crippen LogP contribution is -2.61. The first-order valence-corrected chi connectivity index (χ1v) is 8.21. The topological polar surface area (TPSA) is 110 Å². The summed E-state index contributed by atoms with van der Waals surface area (Å²) in [7, 11) is -5.15. The Kier molecular flexibility index (Phi) is 7.63. The molecule has 0 fully saturated rings. The Hall–Kier alpha value is -1.94. The number of alkyl halides is 7. The van der Waals surface area contributed by atoms with Crippen LogP contribution in [-0.4, -0.2) is 73.6 Å². The van der Waals surface area contributed by atoms with Crippen LogP contribution in [0.15, 0.2) is 12.7 Å². The van der Waals surface area contributed by atoms with Crippen LogP contribution in [0, 0.1) is 0 Å². The summed E-state index contributed by atoms with van der Waals surface area (Å²) in [4.78, 5) is 23.3. The molecule has 0 bridgehead atoms. The van der Waals surface area contributed by atoms with E-state index in [9.17, 15) is 48.7 Å². The summed E-state index contributed by atoms with van der Waals surface area (Å²) >= 11 is 0. The quantitative estimate of drug-likeness (QED) is 0.187. The minimum absolute atomic E-state index is 0.174. The molecule has 0 saturated heterocycles. The molecule has 8 nitrogen and oxygen atoms in total. The van der Waals surface area contributed by atoms with Crippen molar-refractivity contribution in [1.82, 2.24) is 4.90 Å².